The second-order valence-corrected chi connectivity index (χ2v) is 3.74. The van der Waals surface area contributed by atoms with Crippen molar-refractivity contribution in [2.75, 3.05) is 7.11 Å². The van der Waals surface area contributed by atoms with E-state index in [0.717, 1.165) is 10.8 Å². The maximum absolute atomic E-state index is 11.4. The topological polar surface area (TPSA) is 43.4 Å². The minimum atomic E-state index is -0.843. The standard InChI is InChI=1S/C14H12O3/c1-17-14(16)13(9-15)12-7-6-10-4-2-3-5-11(10)8-12/h2-9,13H,1H3. The predicted octanol–water partition coefficient (Wildman–Crippen LogP) is 2.30. The van der Waals surface area contributed by atoms with Crippen molar-refractivity contribution >= 4 is 23.0 Å². The van der Waals surface area contributed by atoms with E-state index < -0.39 is 11.9 Å². The molecular formula is C14H12O3. The molecule has 17 heavy (non-hydrogen) atoms. The molecule has 0 aliphatic rings. The second-order valence-electron chi connectivity index (χ2n) is 3.74. The lowest BCUT2D eigenvalue weighted by Crippen LogP contribution is -2.15. The van der Waals surface area contributed by atoms with Crippen molar-refractivity contribution in [2.24, 2.45) is 0 Å². The van der Waals surface area contributed by atoms with Gasteiger partial charge in [0.1, 0.15) is 12.2 Å². The fourth-order valence-corrected chi connectivity index (χ4v) is 1.80. The first-order chi connectivity index (χ1) is 8.26. The van der Waals surface area contributed by atoms with Gasteiger partial charge in [0, 0.05) is 0 Å². The van der Waals surface area contributed by atoms with Crippen molar-refractivity contribution in [3.63, 3.8) is 0 Å². The van der Waals surface area contributed by atoms with Crippen LogP contribution in [0.25, 0.3) is 10.8 Å². The Morgan fingerprint density at radius 1 is 1.18 bits per heavy atom. The number of fused-ring (bicyclic) bond motifs is 1. The van der Waals surface area contributed by atoms with Crippen molar-refractivity contribution in [3.05, 3.63) is 48.0 Å². The summed E-state index contributed by atoms with van der Waals surface area (Å²) in [4.78, 5) is 22.4. The minimum Gasteiger partial charge on any atom is -0.468 e. The van der Waals surface area contributed by atoms with Crippen molar-refractivity contribution in [1.82, 2.24) is 0 Å². The van der Waals surface area contributed by atoms with Gasteiger partial charge in [0.25, 0.3) is 0 Å². The van der Waals surface area contributed by atoms with Crippen molar-refractivity contribution in [1.29, 1.82) is 0 Å². The van der Waals surface area contributed by atoms with Gasteiger partial charge in [0.15, 0.2) is 0 Å². The smallest absolute Gasteiger partial charge is 0.320 e. The van der Waals surface area contributed by atoms with E-state index in [1.54, 1.807) is 6.07 Å². The molecule has 0 heterocycles. The highest BCUT2D eigenvalue weighted by molar-refractivity contribution is 5.95. The molecule has 0 aromatic heterocycles. The summed E-state index contributed by atoms with van der Waals surface area (Å²) in [5.74, 6) is -1.38. The first kappa shape index (κ1) is 11.3. The van der Waals surface area contributed by atoms with E-state index >= 15 is 0 Å². The molecule has 0 aliphatic carbocycles. The van der Waals surface area contributed by atoms with Gasteiger partial charge >= 0.3 is 5.97 Å². The Bertz CT molecular complexity index is 560. The molecule has 1 unspecified atom stereocenters. The summed E-state index contributed by atoms with van der Waals surface area (Å²) in [6, 6.07) is 13.3. The molecule has 2 aromatic rings. The van der Waals surface area contributed by atoms with Crippen LogP contribution in [0, 0.1) is 0 Å². The predicted molar refractivity (Wildman–Crippen MR) is 64.8 cm³/mol. The Morgan fingerprint density at radius 2 is 1.88 bits per heavy atom. The van der Waals surface area contributed by atoms with E-state index in [9.17, 15) is 9.59 Å². The molecule has 86 valence electrons. The SMILES string of the molecule is COC(=O)C(C=O)c1ccc2ccccc2c1. The summed E-state index contributed by atoms with van der Waals surface area (Å²) >= 11 is 0. The normalized spacial score (nSPS) is 12.1. The van der Waals surface area contributed by atoms with Gasteiger partial charge in [-0.15, -0.1) is 0 Å². The van der Waals surface area contributed by atoms with E-state index in [1.807, 2.05) is 36.4 Å². The van der Waals surface area contributed by atoms with Crippen LogP contribution in [0.1, 0.15) is 11.5 Å². The Morgan fingerprint density at radius 3 is 2.53 bits per heavy atom. The van der Waals surface area contributed by atoms with E-state index in [0.29, 0.717) is 11.8 Å². The molecule has 0 saturated carbocycles. The number of rotatable bonds is 3. The average Bonchev–Trinajstić information content (AvgIpc) is 2.39. The number of methoxy groups -OCH3 is 1. The Labute approximate surface area is 99.0 Å². The fourth-order valence-electron chi connectivity index (χ4n) is 1.80. The molecule has 0 bridgehead atoms. The molecule has 0 radical (unpaired) electrons. The van der Waals surface area contributed by atoms with Gasteiger partial charge in [0.05, 0.1) is 7.11 Å². The summed E-state index contributed by atoms with van der Waals surface area (Å²) in [6.07, 6.45) is 0.607. The van der Waals surface area contributed by atoms with Gasteiger partial charge in [-0.1, -0.05) is 36.4 Å². The highest BCUT2D eigenvalue weighted by Crippen LogP contribution is 2.21. The number of hydrogen-bond acceptors (Lipinski definition) is 3. The molecule has 3 heteroatoms. The number of benzene rings is 2. The number of hydrogen-bond donors (Lipinski definition) is 0. The Balaban J connectivity index is 2.47. The largest absolute Gasteiger partial charge is 0.468 e. The van der Waals surface area contributed by atoms with E-state index in [4.69, 9.17) is 0 Å². The summed E-state index contributed by atoms with van der Waals surface area (Å²) in [7, 11) is 1.28. The monoisotopic (exact) mass is 228 g/mol. The molecule has 2 aromatic carbocycles. The lowest BCUT2D eigenvalue weighted by molar-refractivity contribution is -0.143. The Kier molecular flexibility index (Phi) is 3.19. The van der Waals surface area contributed by atoms with E-state index in [2.05, 4.69) is 4.74 Å². The first-order valence-corrected chi connectivity index (χ1v) is 5.28. The van der Waals surface area contributed by atoms with Crippen LogP contribution in [0.4, 0.5) is 0 Å². The van der Waals surface area contributed by atoms with Crippen molar-refractivity contribution < 1.29 is 14.3 Å². The first-order valence-electron chi connectivity index (χ1n) is 5.28. The molecule has 0 aliphatic heterocycles. The maximum atomic E-state index is 11.4. The van der Waals surface area contributed by atoms with Crippen LogP contribution in [0.5, 0.6) is 0 Å². The number of carbonyl (C=O) groups excluding carboxylic acids is 2. The molecule has 2 rings (SSSR count). The van der Waals surface area contributed by atoms with Crippen LogP contribution in [-0.2, 0) is 14.3 Å². The number of ether oxygens (including phenoxy) is 1. The Hall–Kier alpha value is -2.16. The summed E-state index contributed by atoms with van der Waals surface area (Å²) in [6.45, 7) is 0. The van der Waals surface area contributed by atoms with Crippen molar-refractivity contribution in [2.45, 2.75) is 5.92 Å². The maximum Gasteiger partial charge on any atom is 0.320 e. The lowest BCUT2D eigenvalue weighted by atomic mass is 9.97. The van der Waals surface area contributed by atoms with Gasteiger partial charge < -0.3 is 9.53 Å². The molecule has 1 atom stereocenters. The molecule has 0 amide bonds. The lowest BCUT2D eigenvalue weighted by Gasteiger charge is -2.09. The molecular weight excluding hydrogens is 216 g/mol. The number of aldehydes is 1. The minimum absolute atomic E-state index is 0.532. The number of esters is 1. The third-order valence-electron chi connectivity index (χ3n) is 2.72. The highest BCUT2D eigenvalue weighted by Gasteiger charge is 2.20. The van der Waals surface area contributed by atoms with Gasteiger partial charge in [-0.2, -0.15) is 0 Å². The highest BCUT2D eigenvalue weighted by atomic mass is 16.5. The zero-order valence-corrected chi connectivity index (χ0v) is 9.42. The van der Waals surface area contributed by atoms with E-state index in [-0.39, 0.29) is 0 Å². The van der Waals surface area contributed by atoms with Crippen LogP contribution in [0.15, 0.2) is 42.5 Å². The zero-order chi connectivity index (χ0) is 12.3. The third kappa shape index (κ3) is 2.18. The van der Waals surface area contributed by atoms with E-state index in [1.165, 1.54) is 7.11 Å². The molecule has 0 spiro atoms. The van der Waals surface area contributed by atoms with Crippen LogP contribution < -0.4 is 0 Å². The van der Waals surface area contributed by atoms with Gasteiger partial charge in [-0.3, -0.25) is 4.79 Å². The summed E-state index contributed by atoms with van der Waals surface area (Å²) in [5, 5.41) is 2.08. The quantitative estimate of drug-likeness (QED) is 0.460. The number of carbonyl (C=O) groups is 2. The fraction of sp³-hybridized carbons (Fsp3) is 0.143. The summed E-state index contributed by atoms with van der Waals surface area (Å²) in [5.41, 5.74) is 0.658. The van der Waals surface area contributed by atoms with Crippen LogP contribution in [0.2, 0.25) is 0 Å². The third-order valence-corrected chi connectivity index (χ3v) is 2.72. The van der Waals surface area contributed by atoms with Gasteiger partial charge in [-0.05, 0) is 22.4 Å². The van der Waals surface area contributed by atoms with Crippen LogP contribution in [-0.4, -0.2) is 19.4 Å². The van der Waals surface area contributed by atoms with Crippen LogP contribution >= 0.6 is 0 Å². The molecule has 0 saturated heterocycles. The van der Waals surface area contributed by atoms with Gasteiger partial charge in [-0.25, -0.2) is 0 Å². The molecule has 0 N–H and O–H groups in total. The van der Waals surface area contributed by atoms with Gasteiger partial charge in [0.2, 0.25) is 0 Å². The zero-order valence-electron chi connectivity index (χ0n) is 9.42. The molecule has 3 nitrogen and oxygen atoms in total. The molecule has 0 fully saturated rings. The average molecular weight is 228 g/mol. The van der Waals surface area contributed by atoms with Crippen molar-refractivity contribution in [3.8, 4) is 0 Å². The van der Waals surface area contributed by atoms with Crippen LogP contribution in [0.3, 0.4) is 0 Å². The summed E-state index contributed by atoms with van der Waals surface area (Å²) < 4.78 is 4.60. The second kappa shape index (κ2) is 4.78.